The summed E-state index contributed by atoms with van der Waals surface area (Å²) >= 11 is 6.17. The fourth-order valence-corrected chi connectivity index (χ4v) is 3.15. The molecule has 1 fully saturated rings. The van der Waals surface area contributed by atoms with Crippen molar-refractivity contribution >= 4 is 17.5 Å². The highest BCUT2D eigenvalue weighted by molar-refractivity contribution is 6.33. The first-order valence-corrected chi connectivity index (χ1v) is 8.28. The summed E-state index contributed by atoms with van der Waals surface area (Å²) in [6, 6.07) is 10.5. The van der Waals surface area contributed by atoms with Crippen LogP contribution in [0.15, 0.2) is 36.5 Å². The number of nitrogens with zero attached hydrogens (tertiary/aromatic N) is 2. The van der Waals surface area contributed by atoms with E-state index >= 15 is 0 Å². The molecule has 2 N–H and O–H groups in total. The van der Waals surface area contributed by atoms with Crippen molar-refractivity contribution in [1.29, 1.82) is 0 Å². The summed E-state index contributed by atoms with van der Waals surface area (Å²) in [6.45, 7) is 4.34. The molecule has 1 saturated heterocycles. The van der Waals surface area contributed by atoms with Crippen molar-refractivity contribution in [1.82, 2.24) is 20.4 Å². The van der Waals surface area contributed by atoms with Crippen LogP contribution in [-0.4, -0.2) is 34.8 Å². The first kappa shape index (κ1) is 16.0. The lowest BCUT2D eigenvalue weighted by Gasteiger charge is -2.09. The lowest BCUT2D eigenvalue weighted by Crippen LogP contribution is -2.30. The van der Waals surface area contributed by atoms with Crippen molar-refractivity contribution in [3.63, 3.8) is 0 Å². The van der Waals surface area contributed by atoms with E-state index in [4.69, 9.17) is 11.6 Å². The predicted molar refractivity (Wildman–Crippen MR) is 90.7 cm³/mol. The fourth-order valence-electron chi connectivity index (χ4n) is 2.91. The van der Waals surface area contributed by atoms with Crippen molar-refractivity contribution in [2.45, 2.75) is 25.9 Å². The number of aromatic nitrogens is 2. The highest BCUT2D eigenvalue weighted by Crippen LogP contribution is 2.16. The number of benzene rings is 1. The summed E-state index contributed by atoms with van der Waals surface area (Å²) in [4.78, 5) is 12.3. The molecular weight excluding hydrogens is 312 g/mol. The standard InChI is InChI=1S/C17H21ClN4O/c1-12-7-14(8-19-12)9-20-17(23)16-15(18)11-22(21-16)10-13-5-3-2-4-6-13/h2-6,11-12,14,19H,7-10H2,1H3,(H,20,23). The van der Waals surface area contributed by atoms with E-state index in [0.29, 0.717) is 35.8 Å². The summed E-state index contributed by atoms with van der Waals surface area (Å²) in [6.07, 6.45) is 2.78. The number of hydrogen-bond donors (Lipinski definition) is 2. The Morgan fingerprint density at radius 2 is 2.22 bits per heavy atom. The molecule has 1 aliphatic heterocycles. The second-order valence-corrected chi connectivity index (χ2v) is 6.54. The quantitative estimate of drug-likeness (QED) is 0.883. The summed E-state index contributed by atoms with van der Waals surface area (Å²) < 4.78 is 1.70. The summed E-state index contributed by atoms with van der Waals surface area (Å²) in [5, 5.41) is 11.0. The van der Waals surface area contributed by atoms with Crippen LogP contribution in [0.1, 0.15) is 29.4 Å². The van der Waals surface area contributed by atoms with E-state index in [2.05, 4.69) is 22.7 Å². The van der Waals surface area contributed by atoms with Crippen LogP contribution in [0.3, 0.4) is 0 Å². The van der Waals surface area contributed by atoms with Gasteiger partial charge in [-0.1, -0.05) is 41.9 Å². The molecule has 5 nitrogen and oxygen atoms in total. The molecule has 1 aromatic carbocycles. The SMILES string of the molecule is CC1CC(CNC(=O)c2nn(Cc3ccccc3)cc2Cl)CN1. The molecule has 6 heteroatoms. The fraction of sp³-hybridized carbons (Fsp3) is 0.412. The topological polar surface area (TPSA) is 59.0 Å². The molecule has 0 bridgehead atoms. The maximum Gasteiger partial charge on any atom is 0.273 e. The highest BCUT2D eigenvalue weighted by atomic mass is 35.5. The molecule has 1 amide bonds. The average Bonchev–Trinajstić information content (AvgIpc) is 3.12. The van der Waals surface area contributed by atoms with Gasteiger partial charge in [0.1, 0.15) is 0 Å². The van der Waals surface area contributed by atoms with Gasteiger partial charge in [-0.2, -0.15) is 5.10 Å². The van der Waals surface area contributed by atoms with Gasteiger partial charge in [0.15, 0.2) is 5.69 Å². The van der Waals surface area contributed by atoms with Gasteiger partial charge in [0, 0.05) is 18.8 Å². The van der Waals surface area contributed by atoms with Gasteiger partial charge >= 0.3 is 0 Å². The molecule has 3 rings (SSSR count). The Bertz CT molecular complexity index is 670. The third kappa shape index (κ3) is 4.12. The van der Waals surface area contributed by atoms with Crippen molar-refractivity contribution < 1.29 is 4.79 Å². The Kier molecular flexibility index (Phi) is 4.98. The van der Waals surface area contributed by atoms with Gasteiger partial charge in [-0.15, -0.1) is 0 Å². The summed E-state index contributed by atoms with van der Waals surface area (Å²) in [7, 11) is 0. The maximum absolute atomic E-state index is 12.3. The largest absolute Gasteiger partial charge is 0.350 e. The molecular formula is C17H21ClN4O. The summed E-state index contributed by atoms with van der Waals surface area (Å²) in [5.41, 5.74) is 1.41. The lowest BCUT2D eigenvalue weighted by atomic mass is 10.1. The third-order valence-corrected chi connectivity index (χ3v) is 4.39. The zero-order valence-electron chi connectivity index (χ0n) is 13.1. The van der Waals surface area contributed by atoms with Crippen LogP contribution in [-0.2, 0) is 6.54 Å². The van der Waals surface area contributed by atoms with Crippen LogP contribution in [0.5, 0.6) is 0 Å². The van der Waals surface area contributed by atoms with E-state index in [9.17, 15) is 4.79 Å². The first-order valence-electron chi connectivity index (χ1n) is 7.90. The number of carbonyl (C=O) groups excluding carboxylic acids is 1. The number of rotatable bonds is 5. The smallest absolute Gasteiger partial charge is 0.273 e. The van der Waals surface area contributed by atoms with Gasteiger partial charge < -0.3 is 10.6 Å². The Morgan fingerprint density at radius 3 is 2.91 bits per heavy atom. The molecule has 0 saturated carbocycles. The number of halogens is 1. The van der Waals surface area contributed by atoms with Crippen molar-refractivity contribution in [2.75, 3.05) is 13.1 Å². The molecule has 0 aliphatic carbocycles. The second-order valence-electron chi connectivity index (χ2n) is 6.13. The van der Waals surface area contributed by atoms with Crippen LogP contribution >= 0.6 is 11.6 Å². The van der Waals surface area contributed by atoms with Crippen LogP contribution < -0.4 is 10.6 Å². The van der Waals surface area contributed by atoms with Crippen LogP contribution in [0.2, 0.25) is 5.02 Å². The minimum Gasteiger partial charge on any atom is -0.350 e. The lowest BCUT2D eigenvalue weighted by molar-refractivity contribution is 0.0942. The van der Waals surface area contributed by atoms with E-state index in [-0.39, 0.29) is 5.91 Å². The predicted octanol–water partition coefficient (Wildman–Crippen LogP) is 2.31. The van der Waals surface area contributed by atoms with Gasteiger partial charge in [0.2, 0.25) is 0 Å². The molecule has 0 radical (unpaired) electrons. The zero-order valence-corrected chi connectivity index (χ0v) is 13.9. The van der Waals surface area contributed by atoms with Crippen LogP contribution in [0, 0.1) is 5.92 Å². The van der Waals surface area contributed by atoms with E-state index in [1.165, 1.54) is 0 Å². The average molecular weight is 333 g/mol. The Hall–Kier alpha value is -1.85. The number of amides is 1. The van der Waals surface area contributed by atoms with Gasteiger partial charge in [-0.3, -0.25) is 9.48 Å². The molecule has 2 unspecified atom stereocenters. The maximum atomic E-state index is 12.3. The van der Waals surface area contributed by atoms with Crippen molar-refractivity contribution in [3.8, 4) is 0 Å². The molecule has 23 heavy (non-hydrogen) atoms. The summed E-state index contributed by atoms with van der Waals surface area (Å²) in [5.74, 6) is 0.264. The Balaban J connectivity index is 1.60. The molecule has 1 aliphatic rings. The van der Waals surface area contributed by atoms with Crippen LogP contribution in [0.4, 0.5) is 0 Å². The first-order chi connectivity index (χ1) is 11.1. The number of carbonyl (C=O) groups is 1. The van der Waals surface area contributed by atoms with Crippen molar-refractivity contribution in [3.05, 3.63) is 52.8 Å². The van der Waals surface area contributed by atoms with Crippen molar-refractivity contribution in [2.24, 2.45) is 5.92 Å². The van der Waals surface area contributed by atoms with Gasteiger partial charge in [0.25, 0.3) is 5.91 Å². The normalized spacial score (nSPS) is 20.6. The minimum atomic E-state index is -0.207. The Labute approximate surface area is 141 Å². The number of hydrogen-bond acceptors (Lipinski definition) is 3. The van der Waals surface area contributed by atoms with Gasteiger partial charge in [-0.25, -0.2) is 0 Å². The molecule has 1 aromatic heterocycles. The molecule has 2 aromatic rings. The van der Waals surface area contributed by atoms with Gasteiger partial charge in [0.05, 0.1) is 11.6 Å². The van der Waals surface area contributed by atoms with E-state index in [1.807, 2.05) is 30.3 Å². The zero-order chi connectivity index (χ0) is 16.2. The minimum absolute atomic E-state index is 0.207. The monoisotopic (exact) mass is 332 g/mol. The van der Waals surface area contributed by atoms with E-state index < -0.39 is 0 Å². The second kappa shape index (κ2) is 7.15. The van der Waals surface area contributed by atoms with E-state index in [0.717, 1.165) is 18.5 Å². The molecule has 122 valence electrons. The van der Waals surface area contributed by atoms with Crippen LogP contribution in [0.25, 0.3) is 0 Å². The third-order valence-electron chi connectivity index (χ3n) is 4.11. The highest BCUT2D eigenvalue weighted by Gasteiger charge is 2.22. The van der Waals surface area contributed by atoms with E-state index in [1.54, 1.807) is 10.9 Å². The molecule has 2 heterocycles. The molecule has 2 atom stereocenters. The molecule has 0 spiro atoms. The van der Waals surface area contributed by atoms with Gasteiger partial charge in [-0.05, 0) is 31.4 Å². The Morgan fingerprint density at radius 1 is 1.43 bits per heavy atom. The number of nitrogens with one attached hydrogen (secondary N) is 2.